The number of carbonyl (C=O) groups excluding carboxylic acids is 2. The Morgan fingerprint density at radius 2 is 1.63 bits per heavy atom. The Balaban J connectivity index is 2.41. The highest BCUT2D eigenvalue weighted by Gasteiger charge is 2.30. The van der Waals surface area contributed by atoms with Crippen molar-refractivity contribution in [3.8, 4) is 5.75 Å². The minimum atomic E-state index is -3.88. The molecule has 2 unspecified atom stereocenters. The number of nitrogens with zero attached hydrogens (tertiary/aromatic N) is 2. The highest BCUT2D eigenvalue weighted by molar-refractivity contribution is 7.92. The molecule has 35 heavy (non-hydrogen) atoms. The fraction of sp³-hybridized carbons (Fsp3) is 0.417. The van der Waals surface area contributed by atoms with Crippen molar-refractivity contribution < 1.29 is 22.7 Å². The standard InChI is InChI=1S/C24H31Cl2N3O5S/c1-6-16(2)27-24(31)17(3)28(14-18-7-9-22(34-4)10-8-18)23(30)15-29(35(5,32)33)21-12-19(25)11-20(26)13-21/h7-13,16-17H,6,14-15H2,1-5H3,(H,27,31). The van der Waals surface area contributed by atoms with E-state index < -0.39 is 28.5 Å². The largest absolute Gasteiger partial charge is 0.497 e. The van der Waals surface area contributed by atoms with Gasteiger partial charge in [0.15, 0.2) is 0 Å². The Bertz CT molecular complexity index is 1120. The Hall–Kier alpha value is -2.49. The van der Waals surface area contributed by atoms with E-state index in [0.29, 0.717) is 5.75 Å². The molecule has 0 saturated carbocycles. The quantitative estimate of drug-likeness (QED) is 0.460. The molecule has 2 atom stereocenters. The van der Waals surface area contributed by atoms with E-state index in [1.165, 1.54) is 23.1 Å². The molecule has 0 aliphatic carbocycles. The first-order chi connectivity index (χ1) is 16.3. The van der Waals surface area contributed by atoms with Crippen LogP contribution >= 0.6 is 23.2 Å². The lowest BCUT2D eigenvalue weighted by Crippen LogP contribution is -2.52. The van der Waals surface area contributed by atoms with Gasteiger partial charge in [-0.2, -0.15) is 0 Å². The fourth-order valence-electron chi connectivity index (χ4n) is 3.27. The van der Waals surface area contributed by atoms with Crippen LogP contribution in [0.4, 0.5) is 5.69 Å². The van der Waals surface area contributed by atoms with Crippen molar-refractivity contribution in [3.05, 3.63) is 58.1 Å². The number of ether oxygens (including phenoxy) is 1. The van der Waals surface area contributed by atoms with Crippen molar-refractivity contribution in [1.29, 1.82) is 0 Å². The first kappa shape index (κ1) is 28.7. The predicted molar refractivity (Wildman–Crippen MR) is 140 cm³/mol. The summed E-state index contributed by atoms with van der Waals surface area (Å²) in [4.78, 5) is 27.8. The number of sulfonamides is 1. The van der Waals surface area contributed by atoms with E-state index in [-0.39, 0.29) is 34.2 Å². The van der Waals surface area contributed by atoms with Crippen molar-refractivity contribution in [2.24, 2.45) is 0 Å². The summed E-state index contributed by atoms with van der Waals surface area (Å²) in [7, 11) is -2.33. The molecule has 0 fully saturated rings. The zero-order valence-electron chi connectivity index (χ0n) is 20.4. The van der Waals surface area contributed by atoms with Gasteiger partial charge in [0.1, 0.15) is 18.3 Å². The van der Waals surface area contributed by atoms with Gasteiger partial charge in [-0.15, -0.1) is 0 Å². The molecule has 11 heteroatoms. The van der Waals surface area contributed by atoms with E-state index in [9.17, 15) is 18.0 Å². The average Bonchev–Trinajstić information content (AvgIpc) is 2.79. The predicted octanol–water partition coefficient (Wildman–Crippen LogP) is 4.10. The second kappa shape index (κ2) is 12.5. The Morgan fingerprint density at radius 3 is 2.11 bits per heavy atom. The molecule has 0 radical (unpaired) electrons. The molecule has 2 aromatic rings. The molecule has 0 aliphatic heterocycles. The molecule has 1 N–H and O–H groups in total. The molecule has 2 rings (SSSR count). The van der Waals surface area contributed by atoms with Crippen molar-refractivity contribution in [2.45, 2.75) is 45.8 Å². The maximum absolute atomic E-state index is 13.5. The summed E-state index contributed by atoms with van der Waals surface area (Å²) in [6.45, 7) is 4.98. The number of hydrogen-bond donors (Lipinski definition) is 1. The van der Waals surface area contributed by atoms with Crippen LogP contribution in [0.25, 0.3) is 0 Å². The molecule has 2 aromatic carbocycles. The van der Waals surface area contributed by atoms with Gasteiger partial charge in [0.2, 0.25) is 21.8 Å². The highest BCUT2D eigenvalue weighted by Crippen LogP contribution is 2.27. The van der Waals surface area contributed by atoms with E-state index in [1.807, 2.05) is 13.8 Å². The SMILES string of the molecule is CCC(C)NC(=O)C(C)N(Cc1ccc(OC)cc1)C(=O)CN(c1cc(Cl)cc(Cl)c1)S(C)(=O)=O. The van der Waals surface area contributed by atoms with Gasteiger partial charge in [0.05, 0.1) is 19.1 Å². The van der Waals surface area contributed by atoms with E-state index in [1.54, 1.807) is 38.3 Å². The molecular weight excluding hydrogens is 513 g/mol. The minimum absolute atomic E-state index is 0.0796. The van der Waals surface area contributed by atoms with Crippen LogP contribution in [0.15, 0.2) is 42.5 Å². The molecule has 0 bridgehead atoms. The van der Waals surface area contributed by atoms with E-state index >= 15 is 0 Å². The molecule has 8 nitrogen and oxygen atoms in total. The van der Waals surface area contributed by atoms with Gasteiger partial charge >= 0.3 is 0 Å². The molecule has 0 saturated heterocycles. The average molecular weight is 545 g/mol. The topological polar surface area (TPSA) is 96.0 Å². The van der Waals surface area contributed by atoms with E-state index in [4.69, 9.17) is 27.9 Å². The monoisotopic (exact) mass is 543 g/mol. The van der Waals surface area contributed by atoms with Gasteiger partial charge in [0.25, 0.3) is 0 Å². The number of methoxy groups -OCH3 is 1. The fourth-order valence-corrected chi connectivity index (χ4v) is 4.62. The van der Waals surface area contributed by atoms with Crippen LogP contribution in [0, 0.1) is 0 Å². The Kier molecular flexibility index (Phi) is 10.2. The van der Waals surface area contributed by atoms with E-state index in [0.717, 1.165) is 22.5 Å². The summed E-state index contributed by atoms with van der Waals surface area (Å²) < 4.78 is 31.3. The number of amides is 2. The maximum atomic E-state index is 13.5. The molecule has 0 aliphatic rings. The molecule has 0 spiro atoms. The third-order valence-electron chi connectivity index (χ3n) is 5.49. The van der Waals surface area contributed by atoms with Crippen molar-refractivity contribution in [1.82, 2.24) is 10.2 Å². The number of halogens is 2. The smallest absolute Gasteiger partial charge is 0.244 e. The van der Waals surface area contributed by atoms with Gasteiger partial charge in [-0.25, -0.2) is 8.42 Å². The van der Waals surface area contributed by atoms with Crippen LogP contribution in [0.1, 0.15) is 32.8 Å². The maximum Gasteiger partial charge on any atom is 0.244 e. The van der Waals surface area contributed by atoms with Crippen LogP contribution in [-0.2, 0) is 26.2 Å². The number of rotatable bonds is 11. The number of anilines is 1. The number of benzene rings is 2. The van der Waals surface area contributed by atoms with Crippen LogP contribution in [0.5, 0.6) is 5.75 Å². The second-order valence-electron chi connectivity index (χ2n) is 8.26. The molecule has 0 aromatic heterocycles. The van der Waals surface area contributed by atoms with Gasteiger partial charge in [-0.05, 0) is 56.2 Å². The number of carbonyl (C=O) groups is 2. The molecule has 0 heterocycles. The van der Waals surface area contributed by atoms with Crippen molar-refractivity contribution in [2.75, 3.05) is 24.2 Å². The van der Waals surface area contributed by atoms with Crippen molar-refractivity contribution in [3.63, 3.8) is 0 Å². The molecular formula is C24H31Cl2N3O5S. The van der Waals surface area contributed by atoms with Crippen LogP contribution in [0.2, 0.25) is 10.0 Å². The lowest BCUT2D eigenvalue weighted by atomic mass is 10.1. The van der Waals surface area contributed by atoms with Gasteiger partial charge in [0, 0.05) is 22.6 Å². The zero-order valence-corrected chi connectivity index (χ0v) is 22.7. The lowest BCUT2D eigenvalue weighted by Gasteiger charge is -2.32. The summed E-state index contributed by atoms with van der Waals surface area (Å²) in [5, 5.41) is 3.33. The first-order valence-corrected chi connectivity index (χ1v) is 13.6. The minimum Gasteiger partial charge on any atom is -0.497 e. The highest BCUT2D eigenvalue weighted by atomic mass is 35.5. The summed E-state index contributed by atoms with van der Waals surface area (Å²) >= 11 is 12.1. The summed E-state index contributed by atoms with van der Waals surface area (Å²) in [5.41, 5.74) is 0.901. The molecule has 192 valence electrons. The second-order valence-corrected chi connectivity index (χ2v) is 11.0. The first-order valence-electron chi connectivity index (χ1n) is 11.0. The van der Waals surface area contributed by atoms with Crippen LogP contribution < -0.4 is 14.4 Å². The Morgan fingerprint density at radius 1 is 1.06 bits per heavy atom. The van der Waals surface area contributed by atoms with E-state index in [2.05, 4.69) is 5.32 Å². The van der Waals surface area contributed by atoms with Crippen LogP contribution in [-0.4, -0.2) is 57.1 Å². The zero-order chi connectivity index (χ0) is 26.3. The molecule has 2 amide bonds. The number of hydrogen-bond acceptors (Lipinski definition) is 5. The third-order valence-corrected chi connectivity index (χ3v) is 7.07. The Labute approximate surface area is 217 Å². The van der Waals surface area contributed by atoms with Crippen molar-refractivity contribution >= 4 is 50.7 Å². The third kappa shape index (κ3) is 8.30. The summed E-state index contributed by atoms with van der Waals surface area (Å²) in [5.74, 6) is -0.248. The summed E-state index contributed by atoms with van der Waals surface area (Å²) in [6, 6.07) is 10.4. The van der Waals surface area contributed by atoms with Crippen LogP contribution in [0.3, 0.4) is 0 Å². The summed E-state index contributed by atoms with van der Waals surface area (Å²) in [6.07, 6.45) is 1.71. The lowest BCUT2D eigenvalue weighted by molar-refractivity contribution is -0.139. The normalized spacial score (nSPS) is 13.0. The number of nitrogens with one attached hydrogen (secondary N) is 1. The van der Waals surface area contributed by atoms with Gasteiger partial charge in [-0.3, -0.25) is 13.9 Å². The van der Waals surface area contributed by atoms with Gasteiger partial charge < -0.3 is 15.0 Å². The van der Waals surface area contributed by atoms with Gasteiger partial charge in [-0.1, -0.05) is 42.3 Å².